The van der Waals surface area contributed by atoms with Crippen molar-refractivity contribution in [2.45, 2.75) is 51.7 Å². The lowest BCUT2D eigenvalue weighted by molar-refractivity contribution is -0.137. The summed E-state index contributed by atoms with van der Waals surface area (Å²) in [6.07, 6.45) is 1.41. The van der Waals surface area contributed by atoms with Gasteiger partial charge < -0.3 is 14.9 Å². The standard InChI is InChI=1S/C15H22O4/c1-14(2)4-9-11(6-14)15(3,18)5-8-10(12(9)16)7-19-13(8)17/h9,11-12,16,18H,4-7H2,1-3H3/t9-,11+,12-,15+/m1/s1. The van der Waals surface area contributed by atoms with Crippen LogP contribution in [-0.4, -0.2) is 34.5 Å². The summed E-state index contributed by atoms with van der Waals surface area (Å²) in [5.41, 5.74) is 0.391. The van der Waals surface area contributed by atoms with E-state index in [1.165, 1.54) is 0 Å². The first kappa shape index (κ1) is 13.1. The highest BCUT2D eigenvalue weighted by Gasteiger charge is 2.54. The second-order valence-corrected chi connectivity index (χ2v) is 7.40. The van der Waals surface area contributed by atoms with Crippen molar-refractivity contribution in [1.29, 1.82) is 0 Å². The summed E-state index contributed by atoms with van der Waals surface area (Å²) in [7, 11) is 0. The monoisotopic (exact) mass is 266 g/mol. The normalized spacial score (nSPS) is 44.7. The summed E-state index contributed by atoms with van der Waals surface area (Å²) < 4.78 is 5.04. The van der Waals surface area contributed by atoms with Gasteiger partial charge in [0, 0.05) is 17.6 Å². The Morgan fingerprint density at radius 1 is 1.26 bits per heavy atom. The van der Waals surface area contributed by atoms with Crippen LogP contribution in [0.3, 0.4) is 0 Å². The van der Waals surface area contributed by atoms with Gasteiger partial charge in [-0.3, -0.25) is 0 Å². The van der Waals surface area contributed by atoms with Crippen LogP contribution >= 0.6 is 0 Å². The Hall–Kier alpha value is -0.870. The SMILES string of the molecule is CC1(C)C[C@H]2[C@@H](O)C3=C(C[C@](C)(O)[C@H]2C1)C(=O)OC3. The number of hydrogen-bond donors (Lipinski definition) is 2. The molecule has 1 heterocycles. The van der Waals surface area contributed by atoms with Crippen molar-refractivity contribution in [2.75, 3.05) is 6.61 Å². The molecule has 1 saturated carbocycles. The quantitative estimate of drug-likeness (QED) is 0.651. The number of esters is 1. The van der Waals surface area contributed by atoms with Gasteiger partial charge in [-0.25, -0.2) is 4.79 Å². The fourth-order valence-electron chi connectivity index (χ4n) is 4.27. The first-order chi connectivity index (χ1) is 8.71. The third kappa shape index (κ3) is 1.93. The number of aliphatic hydroxyl groups is 2. The van der Waals surface area contributed by atoms with Crippen molar-refractivity contribution < 1.29 is 19.7 Å². The molecule has 3 aliphatic rings. The number of aliphatic hydroxyl groups excluding tert-OH is 1. The number of ether oxygens (including phenoxy) is 1. The van der Waals surface area contributed by atoms with Crippen molar-refractivity contribution in [3.8, 4) is 0 Å². The van der Waals surface area contributed by atoms with Crippen LogP contribution < -0.4 is 0 Å². The second kappa shape index (κ2) is 3.83. The molecule has 106 valence electrons. The third-order valence-electron chi connectivity index (χ3n) is 5.17. The molecule has 1 fully saturated rings. The van der Waals surface area contributed by atoms with Crippen molar-refractivity contribution >= 4 is 5.97 Å². The van der Waals surface area contributed by atoms with E-state index in [4.69, 9.17) is 4.74 Å². The second-order valence-electron chi connectivity index (χ2n) is 7.40. The molecule has 0 unspecified atom stereocenters. The summed E-state index contributed by atoms with van der Waals surface area (Å²) in [4.78, 5) is 11.7. The van der Waals surface area contributed by atoms with Gasteiger partial charge in [0.15, 0.2) is 0 Å². The van der Waals surface area contributed by atoms with Gasteiger partial charge in [-0.2, -0.15) is 0 Å². The fraction of sp³-hybridized carbons (Fsp3) is 0.800. The van der Waals surface area contributed by atoms with Gasteiger partial charge in [-0.1, -0.05) is 13.8 Å². The Kier molecular flexibility index (Phi) is 2.64. The van der Waals surface area contributed by atoms with E-state index in [1.807, 2.05) is 0 Å². The zero-order chi connectivity index (χ0) is 14.0. The highest BCUT2D eigenvalue weighted by molar-refractivity contribution is 5.92. The van der Waals surface area contributed by atoms with Crippen molar-refractivity contribution in [3.63, 3.8) is 0 Å². The lowest BCUT2D eigenvalue weighted by atomic mass is 9.78. The largest absolute Gasteiger partial charge is 0.458 e. The van der Waals surface area contributed by atoms with Crippen molar-refractivity contribution in [2.24, 2.45) is 17.3 Å². The van der Waals surface area contributed by atoms with E-state index in [0.29, 0.717) is 17.6 Å². The van der Waals surface area contributed by atoms with E-state index in [1.54, 1.807) is 6.92 Å². The number of hydrogen-bond acceptors (Lipinski definition) is 4. The van der Waals surface area contributed by atoms with Crippen LogP contribution in [0.2, 0.25) is 0 Å². The molecule has 0 saturated heterocycles. The fourth-order valence-corrected chi connectivity index (χ4v) is 4.27. The van der Waals surface area contributed by atoms with E-state index < -0.39 is 11.7 Å². The summed E-state index contributed by atoms with van der Waals surface area (Å²) in [6, 6.07) is 0. The molecule has 1 aliphatic heterocycles. The first-order valence-corrected chi connectivity index (χ1v) is 7.01. The zero-order valence-electron chi connectivity index (χ0n) is 11.8. The average Bonchev–Trinajstić information content (AvgIpc) is 2.78. The van der Waals surface area contributed by atoms with Gasteiger partial charge in [0.05, 0.1) is 11.7 Å². The number of fused-ring (bicyclic) bond motifs is 1. The molecule has 0 aromatic carbocycles. The summed E-state index contributed by atoms with van der Waals surface area (Å²) in [5.74, 6) is -0.309. The average molecular weight is 266 g/mol. The third-order valence-corrected chi connectivity index (χ3v) is 5.17. The molecule has 2 aliphatic carbocycles. The molecule has 4 heteroatoms. The van der Waals surface area contributed by atoms with Crippen molar-refractivity contribution in [3.05, 3.63) is 11.1 Å². The van der Waals surface area contributed by atoms with Gasteiger partial charge in [0.2, 0.25) is 0 Å². The summed E-state index contributed by atoms with van der Waals surface area (Å²) in [6.45, 7) is 6.33. The Morgan fingerprint density at radius 2 is 1.95 bits per heavy atom. The van der Waals surface area contributed by atoms with Crippen LogP contribution in [-0.2, 0) is 9.53 Å². The van der Waals surface area contributed by atoms with E-state index in [2.05, 4.69) is 13.8 Å². The molecule has 0 radical (unpaired) electrons. The molecule has 0 aromatic rings. The van der Waals surface area contributed by atoms with E-state index >= 15 is 0 Å². The molecule has 0 bridgehead atoms. The van der Waals surface area contributed by atoms with Crippen LogP contribution in [0.25, 0.3) is 0 Å². The summed E-state index contributed by atoms with van der Waals surface area (Å²) >= 11 is 0. The number of carbonyl (C=O) groups is 1. The summed E-state index contributed by atoms with van der Waals surface area (Å²) in [5, 5.41) is 21.4. The zero-order valence-corrected chi connectivity index (χ0v) is 11.8. The molecule has 19 heavy (non-hydrogen) atoms. The Balaban J connectivity index is 2.04. The van der Waals surface area contributed by atoms with Crippen LogP contribution in [0, 0.1) is 17.3 Å². The van der Waals surface area contributed by atoms with Gasteiger partial charge >= 0.3 is 5.97 Å². The Labute approximate surface area is 113 Å². The predicted octanol–water partition coefficient (Wildman–Crippen LogP) is 1.41. The highest BCUT2D eigenvalue weighted by Crippen LogP contribution is 2.55. The van der Waals surface area contributed by atoms with Crippen LogP contribution in [0.4, 0.5) is 0 Å². The minimum Gasteiger partial charge on any atom is -0.458 e. The van der Waals surface area contributed by atoms with Gasteiger partial charge in [-0.15, -0.1) is 0 Å². The molecule has 4 atom stereocenters. The van der Waals surface area contributed by atoms with E-state index in [0.717, 1.165) is 12.8 Å². The molecule has 3 rings (SSSR count). The van der Waals surface area contributed by atoms with Crippen LogP contribution in [0.15, 0.2) is 11.1 Å². The number of carbonyl (C=O) groups excluding carboxylic acids is 1. The maximum Gasteiger partial charge on any atom is 0.334 e. The topological polar surface area (TPSA) is 66.8 Å². The molecule has 0 amide bonds. The maximum atomic E-state index is 11.7. The lowest BCUT2D eigenvalue weighted by Gasteiger charge is -2.34. The minimum absolute atomic E-state index is 0.0204. The van der Waals surface area contributed by atoms with Gasteiger partial charge in [0.1, 0.15) is 6.61 Å². The Morgan fingerprint density at radius 3 is 2.63 bits per heavy atom. The van der Waals surface area contributed by atoms with Gasteiger partial charge in [-0.05, 0) is 37.0 Å². The predicted molar refractivity (Wildman–Crippen MR) is 69.2 cm³/mol. The molecule has 0 spiro atoms. The molecule has 0 aromatic heterocycles. The van der Waals surface area contributed by atoms with Gasteiger partial charge in [0.25, 0.3) is 0 Å². The highest BCUT2D eigenvalue weighted by atomic mass is 16.5. The minimum atomic E-state index is -0.945. The van der Waals surface area contributed by atoms with Crippen molar-refractivity contribution in [1.82, 2.24) is 0 Å². The van der Waals surface area contributed by atoms with Crippen LogP contribution in [0.1, 0.15) is 40.0 Å². The van der Waals surface area contributed by atoms with Crippen LogP contribution in [0.5, 0.6) is 0 Å². The first-order valence-electron chi connectivity index (χ1n) is 7.01. The Bertz CT molecular complexity index is 461. The number of rotatable bonds is 0. The maximum absolute atomic E-state index is 11.7. The molecular formula is C15H22O4. The molecule has 2 N–H and O–H groups in total. The molecular weight excluding hydrogens is 244 g/mol. The lowest BCUT2D eigenvalue weighted by Crippen LogP contribution is -2.39. The van der Waals surface area contributed by atoms with E-state index in [9.17, 15) is 15.0 Å². The van der Waals surface area contributed by atoms with E-state index in [-0.39, 0.29) is 29.8 Å². The number of cyclic esters (lactones) is 1. The molecule has 4 nitrogen and oxygen atoms in total. The smallest absolute Gasteiger partial charge is 0.334 e.